The van der Waals surface area contributed by atoms with Crippen LogP contribution in [0, 0.1) is 5.92 Å². The van der Waals surface area contributed by atoms with Crippen molar-refractivity contribution in [1.82, 2.24) is 9.80 Å². The summed E-state index contributed by atoms with van der Waals surface area (Å²) in [5.41, 5.74) is 3.29. The maximum absolute atomic E-state index is 2.72. The van der Waals surface area contributed by atoms with E-state index in [0.29, 0.717) is 11.6 Å². The second-order valence-electron chi connectivity index (χ2n) is 7.41. The summed E-state index contributed by atoms with van der Waals surface area (Å²) >= 11 is 0. The van der Waals surface area contributed by atoms with Crippen molar-refractivity contribution in [1.29, 1.82) is 0 Å². The van der Waals surface area contributed by atoms with Crippen molar-refractivity contribution in [2.75, 3.05) is 20.6 Å². The zero-order chi connectivity index (χ0) is 15.9. The van der Waals surface area contributed by atoms with Gasteiger partial charge in [-0.1, -0.05) is 60.7 Å². The summed E-state index contributed by atoms with van der Waals surface area (Å²) in [6.07, 6.45) is 2.52. The minimum atomic E-state index is 0.393. The van der Waals surface area contributed by atoms with Crippen molar-refractivity contribution in [3.8, 4) is 0 Å². The Morgan fingerprint density at radius 2 is 1.57 bits per heavy atom. The minimum Gasteiger partial charge on any atom is -0.302 e. The first-order valence-electron chi connectivity index (χ1n) is 8.69. The van der Waals surface area contributed by atoms with Gasteiger partial charge < -0.3 is 4.90 Å². The quantitative estimate of drug-likeness (QED) is 0.835. The van der Waals surface area contributed by atoms with Gasteiger partial charge in [0.25, 0.3) is 0 Å². The number of likely N-dealkylation sites (N-methyl/N-ethyl adjacent to an activating group) is 1. The van der Waals surface area contributed by atoms with Crippen LogP contribution in [0.5, 0.6) is 0 Å². The Morgan fingerprint density at radius 3 is 2.17 bits per heavy atom. The Labute approximate surface area is 139 Å². The van der Waals surface area contributed by atoms with Crippen molar-refractivity contribution in [2.45, 2.75) is 31.0 Å². The number of fused-ring (bicyclic) bond motifs is 1. The SMILES string of the molecule is CN(C)[C@@]12C[C@@H]1CN(Cc1ccccc1)[C@H]2Cc1ccccc1. The lowest BCUT2D eigenvalue weighted by molar-refractivity contribution is 0.133. The van der Waals surface area contributed by atoms with Crippen LogP contribution in [-0.4, -0.2) is 42.0 Å². The van der Waals surface area contributed by atoms with Crippen molar-refractivity contribution in [2.24, 2.45) is 5.92 Å². The summed E-state index contributed by atoms with van der Waals surface area (Å²) in [4.78, 5) is 5.22. The second-order valence-corrected chi connectivity index (χ2v) is 7.41. The molecule has 3 atom stereocenters. The first kappa shape index (κ1) is 14.9. The van der Waals surface area contributed by atoms with Crippen molar-refractivity contribution in [3.63, 3.8) is 0 Å². The van der Waals surface area contributed by atoms with Crippen LogP contribution >= 0.6 is 0 Å². The van der Waals surface area contributed by atoms with Crippen LogP contribution in [0.25, 0.3) is 0 Å². The Bertz CT molecular complexity index is 652. The molecule has 0 aromatic heterocycles. The van der Waals surface area contributed by atoms with Gasteiger partial charge in [0.2, 0.25) is 0 Å². The van der Waals surface area contributed by atoms with E-state index in [1.54, 1.807) is 0 Å². The fraction of sp³-hybridized carbons (Fsp3) is 0.429. The molecule has 0 N–H and O–H groups in total. The molecular weight excluding hydrogens is 280 g/mol. The Kier molecular flexibility index (Phi) is 3.74. The molecule has 1 aliphatic heterocycles. The Morgan fingerprint density at radius 1 is 0.957 bits per heavy atom. The highest BCUT2D eigenvalue weighted by molar-refractivity contribution is 5.28. The van der Waals surface area contributed by atoms with E-state index in [-0.39, 0.29) is 0 Å². The molecule has 4 rings (SSSR count). The van der Waals surface area contributed by atoms with Gasteiger partial charge in [-0.25, -0.2) is 0 Å². The largest absolute Gasteiger partial charge is 0.302 e. The molecule has 1 saturated heterocycles. The van der Waals surface area contributed by atoms with Gasteiger partial charge in [0, 0.05) is 24.7 Å². The van der Waals surface area contributed by atoms with E-state index < -0.39 is 0 Å². The van der Waals surface area contributed by atoms with E-state index in [4.69, 9.17) is 0 Å². The zero-order valence-electron chi connectivity index (χ0n) is 14.2. The number of rotatable bonds is 5. The summed E-state index contributed by atoms with van der Waals surface area (Å²) in [7, 11) is 4.54. The van der Waals surface area contributed by atoms with Crippen molar-refractivity contribution in [3.05, 3.63) is 71.8 Å². The smallest absolute Gasteiger partial charge is 0.0406 e. The highest BCUT2D eigenvalue weighted by Crippen LogP contribution is 2.57. The number of piperidine rings is 1. The molecule has 2 aromatic carbocycles. The molecular formula is C21H26N2. The molecule has 0 bridgehead atoms. The van der Waals surface area contributed by atoms with E-state index in [1.165, 1.54) is 24.1 Å². The lowest BCUT2D eigenvalue weighted by Crippen LogP contribution is -2.48. The maximum atomic E-state index is 2.72. The fourth-order valence-corrected chi connectivity index (χ4v) is 4.67. The predicted molar refractivity (Wildman–Crippen MR) is 95.3 cm³/mol. The minimum absolute atomic E-state index is 0.393. The summed E-state index contributed by atoms with van der Waals surface area (Å²) in [6.45, 7) is 2.31. The third-order valence-corrected chi connectivity index (χ3v) is 5.93. The average Bonchev–Trinajstić information content (AvgIpc) is 3.22. The fourth-order valence-electron chi connectivity index (χ4n) is 4.67. The van der Waals surface area contributed by atoms with E-state index in [9.17, 15) is 0 Å². The standard InChI is InChI=1S/C21H26N2/c1-22(2)21-14-19(21)16-23(15-18-11-7-4-8-12-18)20(21)13-17-9-5-3-6-10-17/h3-12,19-20H,13-16H2,1-2H3/t19-,20+,21+/m1/s1. The normalized spacial score (nSPS) is 29.7. The number of benzene rings is 2. The number of nitrogens with zero attached hydrogens (tertiary/aromatic N) is 2. The first-order valence-corrected chi connectivity index (χ1v) is 8.69. The molecule has 0 amide bonds. The average molecular weight is 306 g/mol. The number of likely N-dealkylation sites (tertiary alicyclic amines) is 1. The van der Waals surface area contributed by atoms with Crippen LogP contribution in [0.3, 0.4) is 0 Å². The molecule has 1 saturated carbocycles. The van der Waals surface area contributed by atoms with Gasteiger partial charge in [0.15, 0.2) is 0 Å². The van der Waals surface area contributed by atoms with Gasteiger partial charge in [-0.3, -0.25) is 4.90 Å². The van der Waals surface area contributed by atoms with Crippen LogP contribution < -0.4 is 0 Å². The lowest BCUT2D eigenvalue weighted by atomic mass is 9.96. The maximum Gasteiger partial charge on any atom is 0.0406 e. The Balaban J connectivity index is 1.59. The van der Waals surface area contributed by atoms with Crippen LogP contribution in [0.1, 0.15) is 17.5 Å². The molecule has 120 valence electrons. The summed E-state index contributed by atoms with van der Waals surface area (Å²) in [6, 6.07) is 22.5. The highest BCUT2D eigenvalue weighted by atomic mass is 15.3. The zero-order valence-corrected chi connectivity index (χ0v) is 14.2. The molecule has 2 heteroatoms. The molecule has 2 aromatic rings. The molecule has 0 unspecified atom stereocenters. The van der Waals surface area contributed by atoms with Gasteiger partial charge in [0.05, 0.1) is 0 Å². The molecule has 1 heterocycles. The second kappa shape index (κ2) is 5.77. The van der Waals surface area contributed by atoms with Gasteiger partial charge >= 0.3 is 0 Å². The monoisotopic (exact) mass is 306 g/mol. The summed E-state index contributed by atoms with van der Waals surface area (Å²) < 4.78 is 0. The van der Waals surface area contributed by atoms with Crippen LogP contribution in [0.4, 0.5) is 0 Å². The predicted octanol–water partition coefficient (Wildman–Crippen LogP) is 3.43. The lowest BCUT2D eigenvalue weighted by Gasteiger charge is -2.36. The molecule has 1 aliphatic carbocycles. The van der Waals surface area contributed by atoms with Crippen LogP contribution in [0.15, 0.2) is 60.7 Å². The van der Waals surface area contributed by atoms with E-state index >= 15 is 0 Å². The molecule has 2 aliphatic rings. The topological polar surface area (TPSA) is 6.48 Å². The van der Waals surface area contributed by atoms with Crippen molar-refractivity contribution >= 4 is 0 Å². The molecule has 23 heavy (non-hydrogen) atoms. The third kappa shape index (κ3) is 2.60. The molecule has 2 nitrogen and oxygen atoms in total. The molecule has 0 radical (unpaired) electrons. The third-order valence-electron chi connectivity index (χ3n) is 5.93. The van der Waals surface area contributed by atoms with Gasteiger partial charge in [-0.2, -0.15) is 0 Å². The molecule has 2 fully saturated rings. The van der Waals surface area contributed by atoms with E-state index in [2.05, 4.69) is 84.6 Å². The van der Waals surface area contributed by atoms with Crippen molar-refractivity contribution < 1.29 is 0 Å². The highest BCUT2D eigenvalue weighted by Gasteiger charge is 2.66. The van der Waals surface area contributed by atoms with Gasteiger partial charge in [0.1, 0.15) is 0 Å². The Hall–Kier alpha value is -1.64. The summed E-state index contributed by atoms with van der Waals surface area (Å²) in [5, 5.41) is 0. The summed E-state index contributed by atoms with van der Waals surface area (Å²) in [5.74, 6) is 0.843. The van der Waals surface area contributed by atoms with Gasteiger partial charge in [-0.05, 0) is 44.0 Å². The molecule has 0 spiro atoms. The first-order chi connectivity index (χ1) is 11.2. The van der Waals surface area contributed by atoms with E-state index in [1.807, 2.05) is 0 Å². The van der Waals surface area contributed by atoms with Crippen LogP contribution in [0.2, 0.25) is 0 Å². The number of hydrogen-bond donors (Lipinski definition) is 0. The van der Waals surface area contributed by atoms with Gasteiger partial charge in [-0.15, -0.1) is 0 Å². The van der Waals surface area contributed by atoms with Crippen LogP contribution in [-0.2, 0) is 13.0 Å². The number of hydrogen-bond acceptors (Lipinski definition) is 2. The van der Waals surface area contributed by atoms with E-state index in [0.717, 1.165) is 18.9 Å².